The first-order valence-electron chi connectivity index (χ1n) is 4.21. The van der Waals surface area contributed by atoms with Crippen LogP contribution in [0.25, 0.3) is 0 Å². The first-order valence-corrected chi connectivity index (χ1v) is 9.27. The standard InChI is InChI=1S/C6H14O3Si4/c1-2-10-3-4-11-6-12-5-8-13-9-7/h7H,2-6H2,1H3. The predicted octanol–water partition coefficient (Wildman–Crippen LogP) is 0.747. The summed E-state index contributed by atoms with van der Waals surface area (Å²) in [6.07, 6.45) is 0.738. The lowest BCUT2D eigenvalue weighted by Crippen LogP contribution is -2.10. The summed E-state index contributed by atoms with van der Waals surface area (Å²) in [5, 5.41) is 7.96. The maximum absolute atomic E-state index is 7.96. The van der Waals surface area contributed by atoms with Gasteiger partial charge in [0.1, 0.15) is 0 Å². The van der Waals surface area contributed by atoms with E-state index in [1.165, 1.54) is 23.8 Å². The van der Waals surface area contributed by atoms with Crippen LogP contribution in [0, 0.1) is 0 Å². The molecule has 0 atom stereocenters. The number of hydrogen-bond donors (Lipinski definition) is 1. The number of rotatable bonds is 10. The Balaban J connectivity index is 2.76. The molecule has 0 heterocycles. The predicted molar refractivity (Wildman–Crippen MR) is 57.6 cm³/mol. The summed E-state index contributed by atoms with van der Waals surface area (Å²) in [7, 11) is 2.90. The molecule has 13 heavy (non-hydrogen) atoms. The van der Waals surface area contributed by atoms with Crippen LogP contribution in [-0.2, 0) is 9.00 Å². The lowest BCUT2D eigenvalue weighted by atomic mass is 10.9. The third-order valence-corrected chi connectivity index (χ3v) is 6.43. The highest BCUT2D eigenvalue weighted by Gasteiger charge is 1.95. The van der Waals surface area contributed by atoms with Crippen molar-refractivity contribution in [1.29, 1.82) is 0 Å². The molecule has 3 nitrogen and oxygen atoms in total. The minimum atomic E-state index is -0.206. The fraction of sp³-hybridized carbons (Fsp3) is 1.00. The maximum atomic E-state index is 7.96. The molecule has 0 aromatic heterocycles. The Bertz CT molecular complexity index is 85.9. The maximum Gasteiger partial charge on any atom is 0.472 e. The van der Waals surface area contributed by atoms with E-state index in [9.17, 15) is 0 Å². The Morgan fingerprint density at radius 3 is 2.62 bits per heavy atom. The van der Waals surface area contributed by atoms with Gasteiger partial charge in [-0.15, -0.1) is 0 Å². The van der Waals surface area contributed by atoms with Gasteiger partial charge in [-0.3, -0.25) is 9.83 Å². The summed E-state index contributed by atoms with van der Waals surface area (Å²) in [6.45, 7) is 2.24. The van der Waals surface area contributed by atoms with Crippen LogP contribution in [0.1, 0.15) is 6.92 Å². The largest absolute Gasteiger partial charge is 0.472 e. The minimum absolute atomic E-state index is 0.206. The fourth-order valence-corrected chi connectivity index (χ4v) is 4.98. The Kier molecular flexibility index (Phi) is 13.5. The van der Waals surface area contributed by atoms with Crippen LogP contribution in [-0.4, -0.2) is 50.1 Å². The summed E-state index contributed by atoms with van der Waals surface area (Å²) in [4.78, 5) is 0. The summed E-state index contributed by atoms with van der Waals surface area (Å²) < 4.78 is 8.80. The molecule has 0 aliphatic heterocycles. The zero-order valence-corrected chi connectivity index (χ0v) is 11.8. The average molecular weight is 247 g/mol. The van der Waals surface area contributed by atoms with Crippen LogP contribution in [0.5, 0.6) is 0 Å². The van der Waals surface area contributed by atoms with Crippen molar-refractivity contribution in [3.05, 3.63) is 0 Å². The molecule has 1 N–H and O–H groups in total. The lowest BCUT2D eigenvalue weighted by molar-refractivity contribution is -0.151. The second-order valence-electron chi connectivity index (χ2n) is 2.24. The van der Waals surface area contributed by atoms with Crippen molar-refractivity contribution in [2.24, 2.45) is 0 Å². The molecule has 0 aliphatic rings. The lowest BCUT2D eigenvalue weighted by Gasteiger charge is -1.98. The van der Waals surface area contributed by atoms with Crippen LogP contribution in [0.3, 0.4) is 0 Å². The Morgan fingerprint density at radius 2 is 1.92 bits per heavy atom. The van der Waals surface area contributed by atoms with Crippen LogP contribution < -0.4 is 0 Å². The van der Waals surface area contributed by atoms with Gasteiger partial charge in [-0.1, -0.05) is 30.7 Å². The van der Waals surface area contributed by atoms with Gasteiger partial charge in [0, 0.05) is 25.3 Å². The molecule has 7 heteroatoms. The van der Waals surface area contributed by atoms with Crippen molar-refractivity contribution in [3.63, 3.8) is 0 Å². The third-order valence-electron chi connectivity index (χ3n) is 1.25. The Labute approximate surface area is 90.1 Å². The van der Waals surface area contributed by atoms with Crippen molar-refractivity contribution in [2.45, 2.75) is 30.7 Å². The smallest absolute Gasteiger partial charge is 0.395 e. The highest BCUT2D eigenvalue weighted by atomic mass is 28.3. The molecule has 0 aliphatic carbocycles. The van der Waals surface area contributed by atoms with Crippen molar-refractivity contribution < 1.29 is 14.3 Å². The van der Waals surface area contributed by atoms with Gasteiger partial charge in [-0.2, -0.15) is 0 Å². The van der Waals surface area contributed by atoms with Gasteiger partial charge in [0.05, 0.1) is 9.52 Å². The van der Waals surface area contributed by atoms with Gasteiger partial charge in [-0.05, 0) is 0 Å². The molecule has 0 saturated carbocycles. The zero-order chi connectivity index (χ0) is 9.78. The van der Waals surface area contributed by atoms with Gasteiger partial charge in [-0.25, -0.2) is 0 Å². The van der Waals surface area contributed by atoms with Crippen LogP contribution in [0.15, 0.2) is 0 Å². The monoisotopic (exact) mass is 246 g/mol. The Hall–Kier alpha value is 0.748. The molecule has 72 valence electrons. The van der Waals surface area contributed by atoms with E-state index in [2.05, 4.69) is 11.5 Å². The van der Waals surface area contributed by atoms with Crippen molar-refractivity contribution in [1.82, 2.24) is 0 Å². The van der Waals surface area contributed by atoms with Crippen molar-refractivity contribution in [3.8, 4) is 0 Å². The average Bonchev–Trinajstić information content (AvgIpc) is 2.16. The van der Waals surface area contributed by atoms with Crippen molar-refractivity contribution in [2.75, 3.05) is 6.23 Å². The minimum Gasteiger partial charge on any atom is -0.395 e. The first kappa shape index (κ1) is 13.7. The van der Waals surface area contributed by atoms with E-state index >= 15 is 0 Å². The molecule has 0 spiro atoms. The normalized spacial score (nSPS) is 10.6. The highest BCUT2D eigenvalue weighted by Crippen LogP contribution is 1.93. The molecule has 0 fully saturated rings. The quantitative estimate of drug-likeness (QED) is 0.268. The molecule has 8 radical (unpaired) electrons. The molecule has 0 aromatic rings. The summed E-state index contributed by atoms with van der Waals surface area (Å²) in [5.74, 6) is 0. The van der Waals surface area contributed by atoms with Gasteiger partial charge in [0.15, 0.2) is 0 Å². The molecule has 0 rings (SSSR count). The van der Waals surface area contributed by atoms with E-state index in [-0.39, 0.29) is 10.0 Å². The molecule has 0 amide bonds. The molecule has 0 unspecified atom stereocenters. The molecular formula is C6H14O3Si4. The van der Waals surface area contributed by atoms with Crippen molar-refractivity contribution >= 4 is 38.6 Å². The van der Waals surface area contributed by atoms with E-state index in [1.54, 1.807) is 0 Å². The van der Waals surface area contributed by atoms with E-state index < -0.39 is 0 Å². The van der Waals surface area contributed by atoms with E-state index in [0.717, 1.165) is 34.8 Å². The molecule has 0 saturated heterocycles. The fourth-order valence-electron chi connectivity index (χ4n) is 0.688. The molecule has 0 aromatic carbocycles. The summed E-state index contributed by atoms with van der Waals surface area (Å²) in [5.41, 5.74) is 1.28. The Morgan fingerprint density at radius 1 is 1.15 bits per heavy atom. The van der Waals surface area contributed by atoms with Gasteiger partial charge in [0.2, 0.25) is 0 Å². The second-order valence-corrected chi connectivity index (χ2v) is 7.79. The van der Waals surface area contributed by atoms with Gasteiger partial charge >= 0.3 is 10.0 Å². The topological polar surface area (TPSA) is 38.7 Å². The van der Waals surface area contributed by atoms with Gasteiger partial charge < -0.3 is 4.43 Å². The van der Waals surface area contributed by atoms with E-state index in [1.807, 2.05) is 0 Å². The molecular weight excluding hydrogens is 232 g/mol. The van der Waals surface area contributed by atoms with Crippen LogP contribution in [0.4, 0.5) is 0 Å². The van der Waals surface area contributed by atoms with Gasteiger partial charge in [0.25, 0.3) is 0 Å². The zero-order valence-electron chi connectivity index (χ0n) is 7.80. The SMILES string of the molecule is CC[Si]CC[Si]C[Si]CO[Si]OO. The second kappa shape index (κ2) is 12.7. The third kappa shape index (κ3) is 12.7. The summed E-state index contributed by atoms with van der Waals surface area (Å²) >= 11 is 0. The van der Waals surface area contributed by atoms with E-state index in [4.69, 9.17) is 9.68 Å². The molecule has 0 bridgehead atoms. The van der Waals surface area contributed by atoms with Crippen LogP contribution >= 0.6 is 0 Å². The first-order chi connectivity index (χ1) is 6.41. The summed E-state index contributed by atoms with van der Waals surface area (Å²) in [6, 6.07) is 4.13. The number of hydrogen-bond acceptors (Lipinski definition) is 3. The van der Waals surface area contributed by atoms with E-state index in [0.29, 0.717) is 0 Å². The van der Waals surface area contributed by atoms with Crippen LogP contribution in [0.2, 0.25) is 23.8 Å². The highest BCUT2D eigenvalue weighted by molar-refractivity contribution is 6.56.